The average molecular weight is 231 g/mol. The zero-order chi connectivity index (χ0) is 12.7. The van der Waals surface area contributed by atoms with Crippen molar-refractivity contribution in [3.8, 4) is 11.8 Å². The summed E-state index contributed by atoms with van der Waals surface area (Å²) in [4.78, 5) is 2.28. The Morgan fingerprint density at radius 2 is 1.82 bits per heavy atom. The first kappa shape index (κ1) is 13.8. The molecule has 92 valence electrons. The van der Waals surface area contributed by atoms with E-state index in [4.69, 9.17) is 5.11 Å². The van der Waals surface area contributed by atoms with E-state index in [2.05, 4.69) is 54.9 Å². The smallest absolute Gasteiger partial charge is 0.112 e. The van der Waals surface area contributed by atoms with Crippen LogP contribution in [0, 0.1) is 11.8 Å². The summed E-state index contributed by atoms with van der Waals surface area (Å²) in [5.74, 6) is 5.79. The van der Waals surface area contributed by atoms with E-state index in [9.17, 15) is 0 Å². The molecule has 0 unspecified atom stereocenters. The van der Waals surface area contributed by atoms with Gasteiger partial charge in [-0.3, -0.25) is 4.90 Å². The summed E-state index contributed by atoms with van der Waals surface area (Å²) >= 11 is 0. The van der Waals surface area contributed by atoms with Gasteiger partial charge in [0.15, 0.2) is 0 Å². The average Bonchev–Trinajstić information content (AvgIpc) is 2.28. The number of nitrogens with zero attached hydrogens (tertiary/aromatic N) is 1. The molecule has 17 heavy (non-hydrogen) atoms. The van der Waals surface area contributed by atoms with E-state index >= 15 is 0 Å². The number of aliphatic hydroxyl groups excluding tert-OH is 1. The highest BCUT2D eigenvalue weighted by molar-refractivity contribution is 5.15. The molecule has 0 amide bonds. The molecule has 0 aliphatic rings. The van der Waals surface area contributed by atoms with Gasteiger partial charge in [-0.15, -0.1) is 0 Å². The standard InChI is InChI=1S/C15H21NO/c1-13(2)16(11-7-8-14(3)17)12-15-9-5-4-6-10-15/h4-6,9-10,13-14,17H,11-12H2,1-3H3/t14-/m0/s1. The van der Waals surface area contributed by atoms with Crippen molar-refractivity contribution >= 4 is 0 Å². The van der Waals surface area contributed by atoms with Crippen molar-refractivity contribution in [1.29, 1.82) is 0 Å². The summed E-state index contributed by atoms with van der Waals surface area (Å²) in [7, 11) is 0. The Labute approximate surface area is 104 Å². The number of aliphatic hydroxyl groups is 1. The summed E-state index contributed by atoms with van der Waals surface area (Å²) in [6.07, 6.45) is -0.541. The van der Waals surface area contributed by atoms with Crippen molar-refractivity contribution in [3.63, 3.8) is 0 Å². The van der Waals surface area contributed by atoms with Crippen LogP contribution in [0.5, 0.6) is 0 Å². The second-order valence-electron chi connectivity index (χ2n) is 4.48. The molecule has 0 aliphatic heterocycles. The van der Waals surface area contributed by atoms with Crippen LogP contribution >= 0.6 is 0 Å². The maximum atomic E-state index is 9.10. The fourth-order valence-electron chi connectivity index (χ4n) is 1.53. The quantitative estimate of drug-likeness (QED) is 0.804. The molecule has 2 heteroatoms. The predicted octanol–water partition coefficient (Wildman–Crippen LogP) is 2.28. The zero-order valence-electron chi connectivity index (χ0n) is 10.9. The van der Waals surface area contributed by atoms with Gasteiger partial charge in [0.1, 0.15) is 6.10 Å². The van der Waals surface area contributed by atoms with Gasteiger partial charge in [-0.05, 0) is 26.3 Å². The van der Waals surface area contributed by atoms with Crippen LogP contribution in [0.15, 0.2) is 30.3 Å². The van der Waals surface area contributed by atoms with Crippen molar-refractivity contribution in [2.75, 3.05) is 6.54 Å². The lowest BCUT2D eigenvalue weighted by atomic mass is 10.2. The van der Waals surface area contributed by atoms with Crippen molar-refractivity contribution in [2.45, 2.75) is 39.5 Å². The summed E-state index contributed by atoms with van der Waals surface area (Å²) in [6, 6.07) is 10.8. The van der Waals surface area contributed by atoms with Gasteiger partial charge >= 0.3 is 0 Å². The number of hydrogen-bond acceptors (Lipinski definition) is 2. The molecule has 1 N–H and O–H groups in total. The number of rotatable bonds is 4. The fraction of sp³-hybridized carbons (Fsp3) is 0.467. The van der Waals surface area contributed by atoms with Gasteiger partial charge < -0.3 is 5.11 Å². The van der Waals surface area contributed by atoms with E-state index in [-0.39, 0.29) is 0 Å². The third-order valence-electron chi connectivity index (χ3n) is 2.55. The van der Waals surface area contributed by atoms with Gasteiger partial charge in [-0.1, -0.05) is 42.2 Å². The lowest BCUT2D eigenvalue weighted by molar-refractivity contribution is 0.238. The van der Waals surface area contributed by atoms with Gasteiger partial charge in [0.2, 0.25) is 0 Å². The number of benzene rings is 1. The Bertz CT molecular complexity index is 373. The topological polar surface area (TPSA) is 23.5 Å². The van der Waals surface area contributed by atoms with Crippen LogP contribution in [0.25, 0.3) is 0 Å². The first-order chi connectivity index (χ1) is 8.09. The molecule has 0 heterocycles. The first-order valence-electron chi connectivity index (χ1n) is 6.04. The van der Waals surface area contributed by atoms with Crippen molar-refractivity contribution in [1.82, 2.24) is 4.90 Å². The van der Waals surface area contributed by atoms with Crippen LogP contribution in [0.2, 0.25) is 0 Å². The fourth-order valence-corrected chi connectivity index (χ4v) is 1.53. The normalized spacial score (nSPS) is 12.4. The molecule has 0 spiro atoms. The van der Waals surface area contributed by atoms with Crippen molar-refractivity contribution < 1.29 is 5.11 Å². The molecule has 0 fully saturated rings. The van der Waals surface area contributed by atoms with E-state index in [0.717, 1.165) is 6.54 Å². The van der Waals surface area contributed by atoms with E-state index in [1.165, 1.54) is 5.56 Å². The Balaban J connectivity index is 2.59. The molecule has 1 aromatic rings. The second-order valence-corrected chi connectivity index (χ2v) is 4.48. The van der Waals surface area contributed by atoms with Gasteiger partial charge in [-0.25, -0.2) is 0 Å². The van der Waals surface area contributed by atoms with Crippen molar-refractivity contribution in [3.05, 3.63) is 35.9 Å². The minimum Gasteiger partial charge on any atom is -0.381 e. The minimum atomic E-state index is -0.541. The van der Waals surface area contributed by atoms with Crippen LogP contribution < -0.4 is 0 Å². The van der Waals surface area contributed by atoms with E-state index < -0.39 is 6.10 Å². The molecular weight excluding hydrogens is 210 g/mol. The van der Waals surface area contributed by atoms with Crippen LogP contribution in [0.1, 0.15) is 26.3 Å². The van der Waals surface area contributed by atoms with Crippen LogP contribution in [0.4, 0.5) is 0 Å². The minimum absolute atomic E-state index is 0.443. The summed E-state index contributed by atoms with van der Waals surface area (Å²) in [6.45, 7) is 7.59. The maximum Gasteiger partial charge on any atom is 0.112 e. The third kappa shape index (κ3) is 5.53. The monoisotopic (exact) mass is 231 g/mol. The Morgan fingerprint density at radius 3 is 2.35 bits per heavy atom. The molecule has 0 saturated heterocycles. The highest BCUT2D eigenvalue weighted by Gasteiger charge is 2.08. The van der Waals surface area contributed by atoms with E-state index in [1.54, 1.807) is 6.92 Å². The third-order valence-corrected chi connectivity index (χ3v) is 2.55. The van der Waals surface area contributed by atoms with E-state index in [0.29, 0.717) is 12.6 Å². The first-order valence-corrected chi connectivity index (χ1v) is 6.04. The van der Waals surface area contributed by atoms with Crippen molar-refractivity contribution in [2.24, 2.45) is 0 Å². The molecular formula is C15H21NO. The molecule has 0 bridgehead atoms. The van der Waals surface area contributed by atoms with Gasteiger partial charge in [0.25, 0.3) is 0 Å². The molecule has 2 nitrogen and oxygen atoms in total. The molecule has 0 aromatic heterocycles. The summed E-state index contributed by atoms with van der Waals surface area (Å²) in [5, 5.41) is 9.10. The summed E-state index contributed by atoms with van der Waals surface area (Å²) < 4.78 is 0. The Morgan fingerprint density at radius 1 is 1.18 bits per heavy atom. The largest absolute Gasteiger partial charge is 0.381 e. The highest BCUT2D eigenvalue weighted by atomic mass is 16.3. The van der Waals surface area contributed by atoms with Crippen LogP contribution in [-0.4, -0.2) is 28.7 Å². The lowest BCUT2D eigenvalue weighted by Gasteiger charge is -2.24. The van der Waals surface area contributed by atoms with Gasteiger partial charge in [0.05, 0.1) is 6.54 Å². The Hall–Kier alpha value is -1.30. The van der Waals surface area contributed by atoms with Crippen LogP contribution in [0.3, 0.4) is 0 Å². The van der Waals surface area contributed by atoms with Gasteiger partial charge in [-0.2, -0.15) is 0 Å². The lowest BCUT2D eigenvalue weighted by Crippen LogP contribution is -2.30. The Kier molecular flexibility index (Phi) is 5.76. The SMILES string of the molecule is CC(C)N(CC#C[C@H](C)O)Cc1ccccc1. The number of hydrogen-bond donors (Lipinski definition) is 1. The molecule has 0 saturated carbocycles. The molecule has 1 rings (SSSR count). The van der Waals surface area contributed by atoms with Crippen LogP contribution in [-0.2, 0) is 6.54 Å². The molecule has 1 aromatic carbocycles. The second kappa shape index (κ2) is 7.11. The molecule has 0 aliphatic carbocycles. The molecule has 0 radical (unpaired) electrons. The maximum absolute atomic E-state index is 9.10. The van der Waals surface area contributed by atoms with Gasteiger partial charge in [0, 0.05) is 12.6 Å². The van der Waals surface area contributed by atoms with E-state index in [1.807, 2.05) is 6.07 Å². The summed E-state index contributed by atoms with van der Waals surface area (Å²) in [5.41, 5.74) is 1.29. The molecule has 1 atom stereocenters. The zero-order valence-corrected chi connectivity index (χ0v) is 10.9. The predicted molar refractivity (Wildman–Crippen MR) is 71.4 cm³/mol. The highest BCUT2D eigenvalue weighted by Crippen LogP contribution is 2.07.